The van der Waals surface area contributed by atoms with Crippen LogP contribution in [0.15, 0.2) is 54.6 Å². The van der Waals surface area contributed by atoms with E-state index in [1.54, 1.807) is 19.2 Å². The number of aliphatic hydroxyl groups excluding tert-OH is 1. The van der Waals surface area contributed by atoms with Crippen molar-refractivity contribution >= 4 is 29.4 Å². The van der Waals surface area contributed by atoms with Gasteiger partial charge in [0.15, 0.2) is 0 Å². The van der Waals surface area contributed by atoms with Crippen LogP contribution in [0.2, 0.25) is 5.02 Å². The van der Waals surface area contributed by atoms with Gasteiger partial charge in [0.2, 0.25) is 0 Å². The predicted molar refractivity (Wildman–Crippen MR) is 131 cm³/mol. The minimum Gasteiger partial charge on any atom is -0.491 e. The topological polar surface area (TPSA) is 73.6 Å². The van der Waals surface area contributed by atoms with Crippen molar-refractivity contribution in [2.75, 3.05) is 25.2 Å². The van der Waals surface area contributed by atoms with E-state index < -0.39 is 11.7 Å². The van der Waals surface area contributed by atoms with Crippen LogP contribution in [-0.2, 0) is 6.18 Å². The highest BCUT2D eigenvalue weighted by Crippen LogP contribution is 2.37. The van der Waals surface area contributed by atoms with E-state index in [0.717, 1.165) is 23.9 Å². The fraction of sp³-hybridized carbons (Fsp3) is 0.231. The first-order valence-corrected chi connectivity index (χ1v) is 11.1. The second-order valence-electron chi connectivity index (χ2n) is 7.85. The van der Waals surface area contributed by atoms with Crippen LogP contribution in [-0.4, -0.2) is 37.5 Å². The number of amides is 1. The summed E-state index contributed by atoms with van der Waals surface area (Å²) in [6.45, 7) is 2.09. The van der Waals surface area contributed by atoms with Gasteiger partial charge in [0.05, 0.1) is 17.9 Å². The van der Waals surface area contributed by atoms with E-state index in [4.69, 9.17) is 26.9 Å². The first kappa shape index (κ1) is 26.2. The molecule has 2 N–H and O–H groups in total. The molecule has 0 aliphatic rings. The molecule has 3 rings (SSSR count). The summed E-state index contributed by atoms with van der Waals surface area (Å²) in [6, 6.07) is 12.9. The lowest BCUT2D eigenvalue weighted by molar-refractivity contribution is -0.137. The highest BCUT2D eigenvalue weighted by molar-refractivity contribution is 6.33. The number of aryl methyl sites for hydroxylation is 1. The number of halogens is 4. The molecule has 0 aromatic heterocycles. The van der Waals surface area contributed by atoms with E-state index >= 15 is 0 Å². The van der Waals surface area contributed by atoms with Gasteiger partial charge < -0.3 is 20.2 Å². The third-order valence-electron chi connectivity index (χ3n) is 5.44. The summed E-state index contributed by atoms with van der Waals surface area (Å²) in [5.74, 6) is 0.102. The molecule has 1 amide bonds. The minimum atomic E-state index is -4.55. The average molecular weight is 505 g/mol. The molecule has 0 radical (unpaired) electrons. The Balaban J connectivity index is 2.01. The molecule has 0 saturated heterocycles. The van der Waals surface area contributed by atoms with Crippen molar-refractivity contribution in [2.45, 2.75) is 19.5 Å². The molecule has 0 aliphatic heterocycles. The molecule has 0 spiro atoms. The number of alkyl halides is 3. The van der Waals surface area contributed by atoms with Crippen molar-refractivity contribution < 1.29 is 27.8 Å². The van der Waals surface area contributed by atoms with Crippen LogP contribution >= 0.6 is 11.6 Å². The molecule has 0 saturated carbocycles. The molecule has 9 heteroatoms. The maximum absolute atomic E-state index is 13.4. The molecule has 0 fully saturated rings. The number of benzene rings is 3. The number of hydrogen-bond donors (Lipinski definition) is 2. The molecule has 0 unspecified atom stereocenters. The second-order valence-corrected chi connectivity index (χ2v) is 8.26. The summed E-state index contributed by atoms with van der Waals surface area (Å²) < 4.78 is 45.1. The van der Waals surface area contributed by atoms with Crippen molar-refractivity contribution in [1.82, 2.24) is 0 Å². The van der Waals surface area contributed by atoms with E-state index in [1.165, 1.54) is 29.2 Å². The number of carbonyl (C=O) groups excluding carboxylic acids is 1. The quantitative estimate of drug-likeness (QED) is 0.276. The summed E-state index contributed by atoms with van der Waals surface area (Å²) in [4.78, 5) is 14.8. The number of nitrogens with zero attached hydrogens (tertiary/aromatic N) is 1. The first-order chi connectivity index (χ1) is 16.6. The molecule has 3 aromatic rings. The summed E-state index contributed by atoms with van der Waals surface area (Å²) in [6.07, 6.45) is -3.29. The summed E-state index contributed by atoms with van der Waals surface area (Å²) in [5.41, 5.74) is 1.40. The van der Waals surface area contributed by atoms with Gasteiger partial charge in [-0.1, -0.05) is 29.8 Å². The highest BCUT2D eigenvalue weighted by atomic mass is 35.5. The first-order valence-electron chi connectivity index (χ1n) is 10.7. The molecule has 184 valence electrons. The molecular formula is C26H24ClF3N2O3. The summed E-state index contributed by atoms with van der Waals surface area (Å²) in [7, 11) is 1.60. The van der Waals surface area contributed by atoms with Crippen molar-refractivity contribution in [2.24, 2.45) is 0 Å². The van der Waals surface area contributed by atoms with Crippen LogP contribution < -0.4 is 9.64 Å². The molecule has 0 heterocycles. The molecule has 3 aromatic carbocycles. The number of carbonyl (C=O) groups is 1. The van der Waals surface area contributed by atoms with Gasteiger partial charge in [0.25, 0.3) is 5.91 Å². The minimum absolute atomic E-state index is 0.0227. The monoisotopic (exact) mass is 504 g/mol. The van der Waals surface area contributed by atoms with Crippen molar-refractivity contribution in [3.8, 4) is 16.9 Å². The smallest absolute Gasteiger partial charge is 0.416 e. The van der Waals surface area contributed by atoms with Gasteiger partial charge in [0.1, 0.15) is 5.75 Å². The molecule has 35 heavy (non-hydrogen) atoms. The van der Waals surface area contributed by atoms with Crippen LogP contribution in [0.1, 0.15) is 33.5 Å². The lowest BCUT2D eigenvalue weighted by Crippen LogP contribution is -2.27. The van der Waals surface area contributed by atoms with Crippen molar-refractivity contribution in [3.63, 3.8) is 0 Å². The fourth-order valence-corrected chi connectivity index (χ4v) is 3.91. The van der Waals surface area contributed by atoms with E-state index in [2.05, 4.69) is 0 Å². The Bertz CT molecular complexity index is 1240. The Kier molecular flexibility index (Phi) is 8.19. The largest absolute Gasteiger partial charge is 0.491 e. The highest BCUT2D eigenvalue weighted by Gasteiger charge is 2.31. The Morgan fingerprint density at radius 3 is 2.54 bits per heavy atom. The Morgan fingerprint density at radius 2 is 1.89 bits per heavy atom. The van der Waals surface area contributed by atoms with Gasteiger partial charge in [-0.3, -0.25) is 4.79 Å². The van der Waals surface area contributed by atoms with E-state index in [0.29, 0.717) is 29.0 Å². The third-order valence-corrected chi connectivity index (χ3v) is 5.77. The van der Waals surface area contributed by atoms with Gasteiger partial charge in [-0.15, -0.1) is 0 Å². The van der Waals surface area contributed by atoms with Gasteiger partial charge in [-0.2, -0.15) is 13.2 Å². The zero-order chi connectivity index (χ0) is 25.8. The zero-order valence-corrected chi connectivity index (χ0v) is 19.9. The Hall–Kier alpha value is -3.36. The number of para-hydroxylation sites is 1. The van der Waals surface area contributed by atoms with Crippen LogP contribution in [0.4, 0.5) is 18.9 Å². The van der Waals surface area contributed by atoms with E-state index in [-0.39, 0.29) is 35.3 Å². The summed E-state index contributed by atoms with van der Waals surface area (Å²) >= 11 is 6.35. The molecular weight excluding hydrogens is 481 g/mol. The number of ether oxygens (including phenoxy) is 1. The Morgan fingerprint density at radius 1 is 1.14 bits per heavy atom. The fourth-order valence-electron chi connectivity index (χ4n) is 3.69. The van der Waals surface area contributed by atoms with Gasteiger partial charge in [-0.05, 0) is 54.4 Å². The maximum Gasteiger partial charge on any atom is 0.416 e. The van der Waals surface area contributed by atoms with E-state index in [9.17, 15) is 18.0 Å². The summed E-state index contributed by atoms with van der Waals surface area (Å²) in [5, 5.41) is 16.9. The van der Waals surface area contributed by atoms with Crippen LogP contribution in [0, 0.1) is 12.3 Å². The molecule has 0 atom stereocenters. The second kappa shape index (κ2) is 10.9. The van der Waals surface area contributed by atoms with Gasteiger partial charge >= 0.3 is 6.18 Å². The predicted octanol–water partition coefficient (Wildman–Crippen LogP) is 6.37. The maximum atomic E-state index is 13.4. The van der Waals surface area contributed by atoms with Gasteiger partial charge in [-0.25, -0.2) is 0 Å². The van der Waals surface area contributed by atoms with Crippen LogP contribution in [0.3, 0.4) is 0 Å². The molecule has 5 nitrogen and oxygen atoms in total. The number of aliphatic hydroxyl groups is 1. The SMILES string of the molecule is Cc1cccc(OCCCO)c1N(C)C(=O)c1ccc(Cl)c(-c2ccc(C(F)(F)F)cc2C=N)c1. The number of anilines is 1. The number of hydrogen-bond acceptors (Lipinski definition) is 4. The molecule has 0 aliphatic carbocycles. The standard InChI is InChI=1S/C26H24ClF3N2O3/c1-16-5-3-6-23(35-12-4-11-33)24(16)32(2)25(34)17-7-10-22(27)21(14-17)20-9-8-19(26(28,29)30)13-18(20)15-31/h3,5-10,13-15,31,33H,4,11-12H2,1-2H3. The normalized spacial score (nSPS) is 11.3. The van der Waals surface area contributed by atoms with Crippen molar-refractivity contribution in [1.29, 1.82) is 5.41 Å². The lowest BCUT2D eigenvalue weighted by atomic mass is 9.96. The zero-order valence-electron chi connectivity index (χ0n) is 19.1. The number of nitrogens with one attached hydrogen (secondary N) is 1. The lowest BCUT2D eigenvalue weighted by Gasteiger charge is -2.23. The van der Waals surface area contributed by atoms with Crippen LogP contribution in [0.25, 0.3) is 11.1 Å². The number of rotatable bonds is 8. The van der Waals surface area contributed by atoms with Crippen molar-refractivity contribution in [3.05, 3.63) is 81.9 Å². The molecule has 0 bridgehead atoms. The Labute approximate surface area is 206 Å². The van der Waals surface area contributed by atoms with Crippen LogP contribution in [0.5, 0.6) is 5.75 Å². The van der Waals surface area contributed by atoms with Gasteiger partial charge in [0, 0.05) is 48.0 Å². The van der Waals surface area contributed by atoms with E-state index in [1.807, 2.05) is 13.0 Å². The average Bonchev–Trinajstić information content (AvgIpc) is 2.83. The third kappa shape index (κ3) is 5.83.